The molecule has 1 aromatic carbocycles. The summed E-state index contributed by atoms with van der Waals surface area (Å²) in [6, 6.07) is 5.35. The molecule has 0 aliphatic heterocycles. The number of ether oxygens (including phenoxy) is 2. The molecule has 0 aromatic heterocycles. The Labute approximate surface area is 102 Å². The van der Waals surface area contributed by atoms with E-state index in [1.165, 1.54) is 0 Å². The molecule has 0 aliphatic rings. The lowest BCUT2D eigenvalue weighted by Gasteiger charge is -2.10. The molecule has 0 aliphatic carbocycles. The van der Waals surface area contributed by atoms with E-state index in [0.29, 0.717) is 17.9 Å². The maximum atomic E-state index is 10.7. The van der Waals surface area contributed by atoms with Crippen LogP contribution >= 0.6 is 15.9 Å². The van der Waals surface area contributed by atoms with E-state index in [1.54, 1.807) is 26.4 Å². The minimum Gasteiger partial charge on any atom is -0.493 e. The fourth-order valence-corrected chi connectivity index (χ4v) is 1.68. The first kappa shape index (κ1) is 12.8. The van der Waals surface area contributed by atoms with Gasteiger partial charge in [0.1, 0.15) is 4.83 Å². The van der Waals surface area contributed by atoms with Crippen molar-refractivity contribution in [1.82, 2.24) is 0 Å². The highest BCUT2D eigenvalue weighted by Gasteiger charge is 2.14. The highest BCUT2D eigenvalue weighted by atomic mass is 79.9. The zero-order chi connectivity index (χ0) is 12.1. The van der Waals surface area contributed by atoms with E-state index < -0.39 is 10.8 Å². The minimum absolute atomic E-state index is 0.398. The Kier molecular flexibility index (Phi) is 4.61. The zero-order valence-corrected chi connectivity index (χ0v) is 10.7. The van der Waals surface area contributed by atoms with Crippen LogP contribution in [-0.2, 0) is 11.2 Å². The van der Waals surface area contributed by atoms with Gasteiger partial charge < -0.3 is 14.6 Å². The normalized spacial score (nSPS) is 11.9. The fraction of sp³-hybridized carbons (Fsp3) is 0.364. The number of carbonyl (C=O) groups is 1. The van der Waals surface area contributed by atoms with Gasteiger partial charge in [0.2, 0.25) is 0 Å². The molecule has 0 heterocycles. The Morgan fingerprint density at radius 2 is 2.00 bits per heavy atom. The van der Waals surface area contributed by atoms with E-state index in [0.717, 1.165) is 5.56 Å². The van der Waals surface area contributed by atoms with Crippen LogP contribution in [0.1, 0.15) is 5.56 Å². The van der Waals surface area contributed by atoms with Crippen molar-refractivity contribution in [2.45, 2.75) is 11.2 Å². The molecule has 0 fully saturated rings. The van der Waals surface area contributed by atoms with Crippen LogP contribution in [0.5, 0.6) is 11.5 Å². The molecular weight excluding hydrogens is 276 g/mol. The summed E-state index contributed by atoms with van der Waals surface area (Å²) in [5, 5.41) is 8.77. The number of benzene rings is 1. The van der Waals surface area contributed by atoms with Crippen molar-refractivity contribution in [2.75, 3.05) is 14.2 Å². The predicted octanol–water partition coefficient (Wildman–Crippen LogP) is 2.09. The molecule has 0 spiro atoms. The second kappa shape index (κ2) is 5.75. The molecule has 1 aromatic rings. The van der Waals surface area contributed by atoms with Gasteiger partial charge in [0.25, 0.3) is 0 Å². The van der Waals surface area contributed by atoms with Crippen LogP contribution in [0.4, 0.5) is 0 Å². The van der Waals surface area contributed by atoms with Gasteiger partial charge in [-0.15, -0.1) is 0 Å². The highest BCUT2D eigenvalue weighted by molar-refractivity contribution is 9.10. The number of alkyl halides is 1. The average molecular weight is 289 g/mol. The van der Waals surface area contributed by atoms with Gasteiger partial charge in [-0.1, -0.05) is 22.0 Å². The van der Waals surface area contributed by atoms with E-state index in [-0.39, 0.29) is 0 Å². The molecule has 88 valence electrons. The lowest BCUT2D eigenvalue weighted by molar-refractivity contribution is -0.136. The first-order chi connectivity index (χ1) is 7.58. The molecule has 4 nitrogen and oxygen atoms in total. The van der Waals surface area contributed by atoms with E-state index in [2.05, 4.69) is 15.9 Å². The molecule has 0 radical (unpaired) electrons. The van der Waals surface area contributed by atoms with Crippen LogP contribution in [0.15, 0.2) is 18.2 Å². The van der Waals surface area contributed by atoms with Gasteiger partial charge in [0, 0.05) is 0 Å². The average Bonchev–Trinajstić information content (AvgIpc) is 2.28. The number of methoxy groups -OCH3 is 2. The molecular formula is C11H13BrO4. The van der Waals surface area contributed by atoms with Crippen molar-refractivity contribution in [3.05, 3.63) is 23.8 Å². The van der Waals surface area contributed by atoms with Crippen molar-refractivity contribution in [3.63, 3.8) is 0 Å². The highest BCUT2D eigenvalue weighted by Crippen LogP contribution is 2.28. The predicted molar refractivity (Wildman–Crippen MR) is 63.6 cm³/mol. The van der Waals surface area contributed by atoms with Crippen molar-refractivity contribution < 1.29 is 19.4 Å². The monoisotopic (exact) mass is 288 g/mol. The van der Waals surface area contributed by atoms with Crippen molar-refractivity contribution >= 4 is 21.9 Å². The number of carboxylic acid groups (broad SMARTS) is 1. The van der Waals surface area contributed by atoms with Crippen molar-refractivity contribution in [2.24, 2.45) is 0 Å². The Balaban J connectivity index is 2.86. The van der Waals surface area contributed by atoms with E-state index in [4.69, 9.17) is 14.6 Å². The third-order valence-corrected chi connectivity index (χ3v) is 2.85. The van der Waals surface area contributed by atoms with Crippen LogP contribution in [0.3, 0.4) is 0 Å². The maximum absolute atomic E-state index is 10.7. The molecule has 16 heavy (non-hydrogen) atoms. The second-order valence-electron chi connectivity index (χ2n) is 3.20. The molecule has 0 bridgehead atoms. The summed E-state index contributed by atoms with van der Waals surface area (Å²) in [4.78, 5) is 10.1. The second-order valence-corrected chi connectivity index (χ2v) is 4.30. The SMILES string of the molecule is COc1ccc(C[C@H](Br)C(=O)O)cc1OC. The number of carboxylic acids is 1. The molecule has 5 heteroatoms. The van der Waals surface area contributed by atoms with Crippen LogP contribution < -0.4 is 9.47 Å². The van der Waals surface area contributed by atoms with Gasteiger partial charge in [-0.05, 0) is 24.1 Å². The Hall–Kier alpha value is -1.23. The first-order valence-electron chi connectivity index (χ1n) is 4.66. The number of hydrogen-bond acceptors (Lipinski definition) is 3. The van der Waals surface area contributed by atoms with E-state index in [9.17, 15) is 4.79 Å². The summed E-state index contributed by atoms with van der Waals surface area (Å²) in [6.45, 7) is 0. The largest absolute Gasteiger partial charge is 0.493 e. The third-order valence-electron chi connectivity index (χ3n) is 2.13. The van der Waals surface area contributed by atoms with Gasteiger partial charge >= 0.3 is 5.97 Å². The number of halogens is 1. The quantitative estimate of drug-likeness (QED) is 0.843. The summed E-state index contributed by atoms with van der Waals surface area (Å²) in [7, 11) is 3.10. The molecule has 1 rings (SSSR count). The molecule has 1 N–H and O–H groups in total. The Morgan fingerprint density at radius 3 is 2.50 bits per heavy atom. The molecule has 0 saturated carbocycles. The van der Waals surface area contributed by atoms with Crippen molar-refractivity contribution in [1.29, 1.82) is 0 Å². The Morgan fingerprint density at radius 1 is 1.38 bits per heavy atom. The van der Waals surface area contributed by atoms with Gasteiger partial charge in [-0.2, -0.15) is 0 Å². The molecule has 0 amide bonds. The summed E-state index contributed by atoms with van der Waals surface area (Å²) < 4.78 is 10.2. The molecule has 0 saturated heterocycles. The fourth-order valence-electron chi connectivity index (χ4n) is 1.30. The van der Waals surface area contributed by atoms with Crippen LogP contribution in [0, 0.1) is 0 Å². The van der Waals surface area contributed by atoms with E-state index in [1.807, 2.05) is 6.07 Å². The Bertz CT molecular complexity index is 378. The number of hydrogen-bond donors (Lipinski definition) is 1. The third kappa shape index (κ3) is 3.13. The zero-order valence-electron chi connectivity index (χ0n) is 9.07. The topological polar surface area (TPSA) is 55.8 Å². The lowest BCUT2D eigenvalue weighted by atomic mass is 10.1. The summed E-state index contributed by atoms with van der Waals surface area (Å²) >= 11 is 3.09. The summed E-state index contributed by atoms with van der Waals surface area (Å²) in [5.74, 6) is 0.354. The summed E-state index contributed by atoms with van der Waals surface area (Å²) in [5.41, 5.74) is 0.877. The smallest absolute Gasteiger partial charge is 0.317 e. The molecule has 1 atom stereocenters. The van der Waals surface area contributed by atoms with Gasteiger partial charge in [-0.25, -0.2) is 0 Å². The van der Waals surface area contributed by atoms with Crippen LogP contribution in [0.2, 0.25) is 0 Å². The van der Waals surface area contributed by atoms with Crippen molar-refractivity contribution in [3.8, 4) is 11.5 Å². The standard InChI is InChI=1S/C11H13BrO4/c1-15-9-4-3-7(6-10(9)16-2)5-8(12)11(13)14/h3-4,6,8H,5H2,1-2H3,(H,13,14)/t8-/m0/s1. The first-order valence-corrected chi connectivity index (χ1v) is 5.57. The molecule has 0 unspecified atom stereocenters. The summed E-state index contributed by atoms with van der Waals surface area (Å²) in [6.07, 6.45) is 0.398. The maximum Gasteiger partial charge on any atom is 0.317 e. The number of aliphatic carboxylic acids is 1. The minimum atomic E-state index is -0.880. The van der Waals surface area contributed by atoms with Gasteiger partial charge in [0.05, 0.1) is 14.2 Å². The van der Waals surface area contributed by atoms with Crippen LogP contribution in [0.25, 0.3) is 0 Å². The van der Waals surface area contributed by atoms with Gasteiger partial charge in [-0.3, -0.25) is 4.79 Å². The number of rotatable bonds is 5. The lowest BCUT2D eigenvalue weighted by Crippen LogP contribution is -2.15. The van der Waals surface area contributed by atoms with Crippen LogP contribution in [-0.4, -0.2) is 30.1 Å². The van der Waals surface area contributed by atoms with E-state index >= 15 is 0 Å². The van der Waals surface area contributed by atoms with Gasteiger partial charge in [0.15, 0.2) is 11.5 Å².